The number of rotatable bonds is 7. The number of likely N-dealkylation sites (tertiary alicyclic amines) is 1. The quantitative estimate of drug-likeness (QED) is 0.488. The molecule has 3 aromatic rings. The zero-order valence-electron chi connectivity index (χ0n) is 20.6. The van der Waals surface area contributed by atoms with Gasteiger partial charge in [-0.2, -0.15) is 0 Å². The summed E-state index contributed by atoms with van der Waals surface area (Å²) in [5.41, 5.74) is 1.94. The van der Waals surface area contributed by atoms with Gasteiger partial charge in [0.2, 0.25) is 5.91 Å². The molecule has 2 aromatic heterocycles. The van der Waals surface area contributed by atoms with Crippen molar-refractivity contribution in [3.8, 4) is 17.0 Å². The largest absolute Gasteiger partial charge is 0.493 e. The Bertz CT molecular complexity index is 1340. The SMILES string of the molecule is CC(=O)N1CCC(NC(=O)c2c(C)[nH]c3c(-c4cc(C(F)F)ccc4OCC4CC4)ncnc23)C(F)C1. The van der Waals surface area contributed by atoms with E-state index in [0.29, 0.717) is 52.8 Å². The number of ether oxygens (including phenoxy) is 1. The standard InChI is InChI=1S/C26H28F3N5O3/c1-13-21(26(36)33-19-7-8-34(14(2)35)10-18(19)27)23-24(32-13)22(30-12-31-23)17-9-16(25(28)29)5-6-20(17)37-11-15-3-4-15/h5-6,9,12,15,18-19,25,32H,3-4,7-8,10-11H2,1-2H3,(H,33,36). The number of amides is 2. The Morgan fingerprint density at radius 3 is 2.70 bits per heavy atom. The van der Waals surface area contributed by atoms with Gasteiger partial charge in [-0.3, -0.25) is 9.59 Å². The Balaban J connectivity index is 1.47. The van der Waals surface area contributed by atoms with E-state index in [-0.39, 0.29) is 30.0 Å². The maximum Gasteiger partial charge on any atom is 0.263 e. The highest BCUT2D eigenvalue weighted by atomic mass is 19.3. The van der Waals surface area contributed by atoms with Gasteiger partial charge < -0.3 is 19.9 Å². The lowest BCUT2D eigenvalue weighted by atomic mass is 10.0. The molecule has 5 rings (SSSR count). The summed E-state index contributed by atoms with van der Waals surface area (Å²) in [7, 11) is 0. The number of hydrogen-bond donors (Lipinski definition) is 2. The lowest BCUT2D eigenvalue weighted by molar-refractivity contribution is -0.131. The number of carbonyl (C=O) groups is 2. The fraction of sp³-hybridized carbons (Fsp3) is 0.462. The summed E-state index contributed by atoms with van der Waals surface area (Å²) >= 11 is 0. The first-order chi connectivity index (χ1) is 17.7. The van der Waals surface area contributed by atoms with Crippen LogP contribution in [-0.4, -0.2) is 63.6 Å². The molecule has 2 atom stereocenters. The second-order valence-corrected chi connectivity index (χ2v) is 9.73. The molecular weight excluding hydrogens is 487 g/mol. The number of halogens is 3. The van der Waals surface area contributed by atoms with Gasteiger partial charge >= 0.3 is 0 Å². The smallest absolute Gasteiger partial charge is 0.263 e. The number of carbonyl (C=O) groups excluding carboxylic acids is 2. The third kappa shape index (κ3) is 5.12. The van der Waals surface area contributed by atoms with E-state index in [0.717, 1.165) is 12.8 Å². The van der Waals surface area contributed by atoms with E-state index in [9.17, 15) is 22.8 Å². The fourth-order valence-electron chi connectivity index (χ4n) is 4.68. The molecule has 1 aromatic carbocycles. The van der Waals surface area contributed by atoms with Crippen molar-refractivity contribution in [2.75, 3.05) is 19.7 Å². The Morgan fingerprint density at radius 1 is 1.24 bits per heavy atom. The average molecular weight is 516 g/mol. The molecule has 1 saturated heterocycles. The number of fused-ring (bicyclic) bond motifs is 1. The molecule has 1 aliphatic heterocycles. The Kier molecular flexibility index (Phi) is 6.78. The second kappa shape index (κ2) is 10.0. The summed E-state index contributed by atoms with van der Waals surface area (Å²) < 4.78 is 47.8. The molecule has 1 aliphatic carbocycles. The number of nitrogens with zero attached hydrogens (tertiary/aromatic N) is 3. The maximum atomic E-state index is 14.7. The topological polar surface area (TPSA) is 100 Å². The zero-order chi connectivity index (χ0) is 26.3. The molecule has 8 nitrogen and oxygen atoms in total. The normalized spacial score (nSPS) is 19.9. The molecule has 3 heterocycles. The third-order valence-electron chi connectivity index (χ3n) is 6.98. The molecule has 2 unspecified atom stereocenters. The highest BCUT2D eigenvalue weighted by Gasteiger charge is 2.33. The first-order valence-corrected chi connectivity index (χ1v) is 12.3. The van der Waals surface area contributed by atoms with Crippen LogP contribution >= 0.6 is 0 Å². The van der Waals surface area contributed by atoms with Crippen LogP contribution in [-0.2, 0) is 4.79 Å². The van der Waals surface area contributed by atoms with Crippen molar-refractivity contribution in [3.63, 3.8) is 0 Å². The molecule has 196 valence electrons. The summed E-state index contributed by atoms with van der Waals surface area (Å²) in [4.78, 5) is 38.0. The van der Waals surface area contributed by atoms with Gasteiger partial charge in [0.25, 0.3) is 12.3 Å². The molecule has 0 radical (unpaired) electrons. The number of H-pyrrole nitrogens is 1. The molecule has 1 saturated carbocycles. The number of aromatic amines is 1. The number of alkyl halides is 3. The molecule has 37 heavy (non-hydrogen) atoms. The number of nitrogens with one attached hydrogen (secondary N) is 2. The van der Waals surface area contributed by atoms with Crippen LogP contribution in [0, 0.1) is 12.8 Å². The number of benzene rings is 1. The maximum absolute atomic E-state index is 14.7. The van der Waals surface area contributed by atoms with E-state index in [1.54, 1.807) is 6.92 Å². The van der Waals surface area contributed by atoms with E-state index in [4.69, 9.17) is 4.74 Å². The highest BCUT2D eigenvalue weighted by molar-refractivity contribution is 6.09. The van der Waals surface area contributed by atoms with E-state index in [1.165, 1.54) is 36.4 Å². The average Bonchev–Trinajstić information content (AvgIpc) is 3.63. The van der Waals surface area contributed by atoms with E-state index in [1.807, 2.05) is 0 Å². The fourth-order valence-corrected chi connectivity index (χ4v) is 4.68. The van der Waals surface area contributed by atoms with Gasteiger partial charge in [0.15, 0.2) is 0 Å². The monoisotopic (exact) mass is 515 g/mol. The Hall–Kier alpha value is -3.63. The minimum Gasteiger partial charge on any atom is -0.493 e. The first kappa shape index (κ1) is 25.0. The Morgan fingerprint density at radius 2 is 2.03 bits per heavy atom. The minimum absolute atomic E-state index is 0.0798. The molecule has 2 amide bonds. The van der Waals surface area contributed by atoms with Crippen LogP contribution in [0.3, 0.4) is 0 Å². The van der Waals surface area contributed by atoms with Crippen molar-refractivity contribution < 1.29 is 27.5 Å². The minimum atomic E-state index is -2.68. The van der Waals surface area contributed by atoms with Gasteiger partial charge in [-0.25, -0.2) is 23.1 Å². The molecule has 2 N–H and O–H groups in total. The van der Waals surface area contributed by atoms with Gasteiger partial charge in [0.1, 0.15) is 29.5 Å². The van der Waals surface area contributed by atoms with Crippen LogP contribution < -0.4 is 10.1 Å². The summed E-state index contributed by atoms with van der Waals surface area (Å²) in [5.74, 6) is 0.161. The summed E-state index contributed by atoms with van der Waals surface area (Å²) in [6.45, 7) is 3.83. The van der Waals surface area contributed by atoms with Crippen molar-refractivity contribution in [2.24, 2.45) is 5.92 Å². The summed E-state index contributed by atoms with van der Waals surface area (Å²) in [5, 5.41) is 2.74. The van der Waals surface area contributed by atoms with E-state index < -0.39 is 24.5 Å². The van der Waals surface area contributed by atoms with Crippen molar-refractivity contribution in [1.29, 1.82) is 0 Å². The predicted molar refractivity (Wildman–Crippen MR) is 130 cm³/mol. The van der Waals surface area contributed by atoms with Gasteiger partial charge in [0.05, 0.1) is 30.3 Å². The van der Waals surface area contributed by atoms with Crippen molar-refractivity contribution in [3.05, 3.63) is 41.3 Å². The van der Waals surface area contributed by atoms with E-state index >= 15 is 0 Å². The lowest BCUT2D eigenvalue weighted by Gasteiger charge is -2.34. The molecular formula is C26H28F3N5O3. The van der Waals surface area contributed by atoms with Crippen LogP contribution in [0.1, 0.15) is 54.2 Å². The number of aromatic nitrogens is 3. The van der Waals surface area contributed by atoms with Gasteiger partial charge in [-0.15, -0.1) is 0 Å². The molecule has 2 aliphatic rings. The van der Waals surface area contributed by atoms with Crippen LogP contribution in [0.15, 0.2) is 24.5 Å². The van der Waals surface area contributed by atoms with Crippen LogP contribution in [0.25, 0.3) is 22.3 Å². The molecule has 0 spiro atoms. The second-order valence-electron chi connectivity index (χ2n) is 9.73. The lowest BCUT2D eigenvalue weighted by Crippen LogP contribution is -2.53. The third-order valence-corrected chi connectivity index (χ3v) is 6.98. The van der Waals surface area contributed by atoms with Gasteiger partial charge in [-0.05, 0) is 50.3 Å². The van der Waals surface area contributed by atoms with Gasteiger partial charge in [-0.1, -0.05) is 0 Å². The molecule has 11 heteroatoms. The number of aryl methyl sites for hydroxylation is 1. The van der Waals surface area contributed by atoms with Crippen LogP contribution in [0.2, 0.25) is 0 Å². The van der Waals surface area contributed by atoms with Crippen molar-refractivity contribution in [1.82, 2.24) is 25.2 Å². The number of hydrogen-bond acceptors (Lipinski definition) is 5. The predicted octanol–water partition coefficient (Wildman–Crippen LogP) is 4.35. The van der Waals surface area contributed by atoms with E-state index in [2.05, 4.69) is 20.3 Å². The Labute approximate surface area is 211 Å². The summed E-state index contributed by atoms with van der Waals surface area (Å²) in [6, 6.07) is 3.45. The van der Waals surface area contributed by atoms with Crippen molar-refractivity contribution >= 4 is 22.8 Å². The van der Waals surface area contributed by atoms with Crippen LogP contribution in [0.5, 0.6) is 5.75 Å². The number of piperidine rings is 1. The van der Waals surface area contributed by atoms with Crippen molar-refractivity contribution in [2.45, 2.75) is 51.7 Å². The first-order valence-electron chi connectivity index (χ1n) is 12.3. The van der Waals surface area contributed by atoms with Gasteiger partial charge in [0, 0.05) is 30.3 Å². The molecule has 0 bridgehead atoms. The molecule has 2 fully saturated rings. The summed E-state index contributed by atoms with van der Waals surface area (Å²) in [6.07, 6.45) is -0.376. The zero-order valence-corrected chi connectivity index (χ0v) is 20.6. The highest BCUT2D eigenvalue weighted by Crippen LogP contribution is 2.38. The van der Waals surface area contributed by atoms with Crippen LogP contribution in [0.4, 0.5) is 13.2 Å².